The van der Waals surface area contributed by atoms with Gasteiger partial charge < -0.3 is 0 Å². The predicted octanol–water partition coefficient (Wildman–Crippen LogP) is 4.44. The van der Waals surface area contributed by atoms with Crippen LogP contribution in [0.1, 0.15) is 26.3 Å². The fourth-order valence-corrected chi connectivity index (χ4v) is 1.71. The Bertz CT molecular complexity index is 427. The molecule has 0 aliphatic carbocycles. The van der Waals surface area contributed by atoms with E-state index in [1.54, 1.807) is 12.1 Å². The first-order valence-electron chi connectivity index (χ1n) is 5.28. The molecule has 1 aromatic rings. The molecule has 0 amide bonds. The SMILES string of the molecule is CC(C)(C)C(Cl)Cc1ccc(Cl)cc1[N+](=O)[O-]. The van der Waals surface area contributed by atoms with E-state index in [0.717, 1.165) is 0 Å². The Morgan fingerprint density at radius 1 is 1.41 bits per heavy atom. The van der Waals surface area contributed by atoms with Gasteiger partial charge in [0.05, 0.1) is 4.92 Å². The Balaban J connectivity index is 3.03. The van der Waals surface area contributed by atoms with Crippen molar-refractivity contribution in [1.29, 1.82) is 0 Å². The van der Waals surface area contributed by atoms with Gasteiger partial charge in [0.25, 0.3) is 5.69 Å². The summed E-state index contributed by atoms with van der Waals surface area (Å²) in [6.07, 6.45) is 0.457. The molecular weight excluding hydrogens is 261 g/mol. The number of nitro benzene ring substituents is 1. The summed E-state index contributed by atoms with van der Waals surface area (Å²) in [6.45, 7) is 6.02. The highest BCUT2D eigenvalue weighted by atomic mass is 35.5. The lowest BCUT2D eigenvalue weighted by Crippen LogP contribution is -2.23. The van der Waals surface area contributed by atoms with Crippen molar-refractivity contribution in [1.82, 2.24) is 0 Å². The smallest absolute Gasteiger partial charge is 0.258 e. The molecule has 3 nitrogen and oxygen atoms in total. The maximum Gasteiger partial charge on any atom is 0.274 e. The van der Waals surface area contributed by atoms with E-state index in [0.29, 0.717) is 17.0 Å². The van der Waals surface area contributed by atoms with E-state index in [-0.39, 0.29) is 16.5 Å². The van der Waals surface area contributed by atoms with Gasteiger partial charge in [0.15, 0.2) is 0 Å². The van der Waals surface area contributed by atoms with Gasteiger partial charge in [-0.2, -0.15) is 0 Å². The fourth-order valence-electron chi connectivity index (χ4n) is 1.38. The standard InChI is InChI=1S/C12H15Cl2NO2/c1-12(2,3)11(14)6-8-4-5-9(13)7-10(8)15(16)17/h4-5,7,11H,6H2,1-3H3. The van der Waals surface area contributed by atoms with Crippen LogP contribution >= 0.6 is 23.2 Å². The van der Waals surface area contributed by atoms with Crippen molar-refractivity contribution < 1.29 is 4.92 Å². The molecule has 0 saturated carbocycles. The van der Waals surface area contributed by atoms with Gasteiger partial charge in [-0.15, -0.1) is 11.6 Å². The first kappa shape index (κ1) is 14.3. The van der Waals surface area contributed by atoms with Crippen molar-refractivity contribution in [3.05, 3.63) is 38.9 Å². The Morgan fingerprint density at radius 2 is 2.00 bits per heavy atom. The van der Waals surface area contributed by atoms with Crippen LogP contribution in [-0.2, 0) is 6.42 Å². The zero-order valence-electron chi connectivity index (χ0n) is 10.0. The molecule has 0 aliphatic heterocycles. The molecule has 0 heterocycles. The summed E-state index contributed by atoms with van der Waals surface area (Å²) in [5, 5.41) is 11.1. The van der Waals surface area contributed by atoms with Crippen LogP contribution in [0, 0.1) is 15.5 Å². The minimum Gasteiger partial charge on any atom is -0.258 e. The van der Waals surface area contributed by atoms with E-state index < -0.39 is 4.92 Å². The van der Waals surface area contributed by atoms with Gasteiger partial charge in [0.2, 0.25) is 0 Å². The van der Waals surface area contributed by atoms with Gasteiger partial charge in [-0.3, -0.25) is 10.1 Å². The number of nitrogens with zero attached hydrogens (tertiary/aromatic N) is 1. The highest BCUT2D eigenvalue weighted by Gasteiger charge is 2.25. The highest BCUT2D eigenvalue weighted by molar-refractivity contribution is 6.30. The predicted molar refractivity (Wildman–Crippen MR) is 70.9 cm³/mol. The van der Waals surface area contributed by atoms with Crippen molar-refractivity contribution >= 4 is 28.9 Å². The van der Waals surface area contributed by atoms with Crippen molar-refractivity contribution in [3.8, 4) is 0 Å². The lowest BCUT2D eigenvalue weighted by atomic mass is 9.87. The third kappa shape index (κ3) is 3.86. The quantitative estimate of drug-likeness (QED) is 0.465. The third-order valence-corrected chi connectivity index (χ3v) is 3.63. The Kier molecular flexibility index (Phi) is 4.39. The first-order chi connectivity index (χ1) is 7.71. The molecule has 1 aromatic carbocycles. The minimum atomic E-state index is -0.423. The molecule has 0 fully saturated rings. The van der Waals surface area contributed by atoms with Gasteiger partial charge in [-0.05, 0) is 17.9 Å². The average molecular weight is 276 g/mol. The number of rotatable bonds is 3. The molecule has 0 aliphatic rings. The summed E-state index contributed by atoms with van der Waals surface area (Å²) >= 11 is 12.0. The normalized spacial score (nSPS) is 13.5. The number of hydrogen-bond donors (Lipinski definition) is 0. The molecule has 5 heteroatoms. The van der Waals surface area contributed by atoms with Gasteiger partial charge in [0, 0.05) is 22.0 Å². The van der Waals surface area contributed by atoms with Gasteiger partial charge >= 0.3 is 0 Å². The summed E-state index contributed by atoms with van der Waals surface area (Å²) in [5.41, 5.74) is 0.552. The average Bonchev–Trinajstić information content (AvgIpc) is 2.18. The van der Waals surface area contributed by atoms with Gasteiger partial charge in [0.1, 0.15) is 0 Å². The molecule has 0 N–H and O–H groups in total. The van der Waals surface area contributed by atoms with Gasteiger partial charge in [-0.1, -0.05) is 38.4 Å². The number of alkyl halides is 1. The molecule has 0 bridgehead atoms. The van der Waals surface area contributed by atoms with E-state index in [4.69, 9.17) is 23.2 Å². The molecule has 0 spiro atoms. The second kappa shape index (κ2) is 5.23. The first-order valence-corrected chi connectivity index (χ1v) is 6.10. The van der Waals surface area contributed by atoms with Crippen molar-refractivity contribution in [2.24, 2.45) is 5.41 Å². The summed E-state index contributed by atoms with van der Waals surface area (Å²) in [4.78, 5) is 10.5. The molecule has 1 unspecified atom stereocenters. The van der Waals surface area contributed by atoms with Crippen molar-refractivity contribution in [2.45, 2.75) is 32.6 Å². The van der Waals surface area contributed by atoms with Crippen LogP contribution in [0.4, 0.5) is 5.69 Å². The lowest BCUT2D eigenvalue weighted by molar-refractivity contribution is -0.385. The van der Waals surface area contributed by atoms with Crippen LogP contribution < -0.4 is 0 Å². The molecule has 17 heavy (non-hydrogen) atoms. The van der Waals surface area contributed by atoms with E-state index >= 15 is 0 Å². The third-order valence-electron chi connectivity index (χ3n) is 2.58. The van der Waals surface area contributed by atoms with E-state index in [1.165, 1.54) is 6.07 Å². The number of hydrogen-bond acceptors (Lipinski definition) is 2. The van der Waals surface area contributed by atoms with E-state index in [9.17, 15) is 10.1 Å². The Labute approximate surface area is 111 Å². The second-order valence-electron chi connectivity index (χ2n) is 5.07. The van der Waals surface area contributed by atoms with Crippen LogP contribution in [-0.4, -0.2) is 10.3 Å². The van der Waals surface area contributed by atoms with Crippen molar-refractivity contribution in [2.75, 3.05) is 0 Å². The zero-order valence-corrected chi connectivity index (χ0v) is 11.5. The van der Waals surface area contributed by atoms with Gasteiger partial charge in [-0.25, -0.2) is 0 Å². The molecular formula is C12H15Cl2NO2. The molecule has 0 aromatic heterocycles. The van der Waals surface area contributed by atoms with Crippen LogP contribution in [0.5, 0.6) is 0 Å². The second-order valence-corrected chi connectivity index (χ2v) is 6.03. The molecule has 0 radical (unpaired) electrons. The molecule has 94 valence electrons. The maximum atomic E-state index is 10.9. The molecule has 1 atom stereocenters. The number of halogens is 2. The van der Waals surface area contributed by atoms with Crippen LogP contribution in [0.3, 0.4) is 0 Å². The minimum absolute atomic E-state index is 0.0346. The van der Waals surface area contributed by atoms with Crippen LogP contribution in [0.2, 0.25) is 5.02 Å². The largest absolute Gasteiger partial charge is 0.274 e. The van der Waals surface area contributed by atoms with E-state index in [1.807, 2.05) is 20.8 Å². The number of nitro groups is 1. The molecule has 0 saturated heterocycles. The topological polar surface area (TPSA) is 43.1 Å². The monoisotopic (exact) mass is 275 g/mol. The lowest BCUT2D eigenvalue weighted by Gasteiger charge is -2.25. The summed E-state index contributed by atoms with van der Waals surface area (Å²) < 4.78 is 0. The number of benzene rings is 1. The summed E-state index contributed by atoms with van der Waals surface area (Å²) in [5.74, 6) is 0. The summed E-state index contributed by atoms with van der Waals surface area (Å²) in [6, 6.07) is 4.68. The fraction of sp³-hybridized carbons (Fsp3) is 0.500. The van der Waals surface area contributed by atoms with E-state index in [2.05, 4.69) is 0 Å². The Hall–Kier alpha value is -0.800. The highest BCUT2D eigenvalue weighted by Crippen LogP contribution is 2.31. The Morgan fingerprint density at radius 3 is 2.47 bits per heavy atom. The maximum absolute atomic E-state index is 10.9. The van der Waals surface area contributed by atoms with Crippen LogP contribution in [0.15, 0.2) is 18.2 Å². The zero-order chi connectivity index (χ0) is 13.2. The molecule has 1 rings (SSSR count). The van der Waals surface area contributed by atoms with Crippen molar-refractivity contribution in [3.63, 3.8) is 0 Å². The summed E-state index contributed by atoms with van der Waals surface area (Å²) in [7, 11) is 0. The van der Waals surface area contributed by atoms with Crippen LogP contribution in [0.25, 0.3) is 0 Å².